The van der Waals surface area contributed by atoms with Crippen LogP contribution in [0.5, 0.6) is 5.75 Å². The Morgan fingerprint density at radius 1 is 1.20 bits per heavy atom. The first-order valence-corrected chi connectivity index (χ1v) is 7.51. The summed E-state index contributed by atoms with van der Waals surface area (Å²) in [5, 5.41) is 4.79. The van der Waals surface area contributed by atoms with E-state index in [9.17, 15) is 0 Å². The Kier molecular flexibility index (Phi) is 3.76. The average molecular weight is 305 g/mol. The molecule has 2 aromatic carbocycles. The monoisotopic (exact) mass is 304 g/mol. The summed E-state index contributed by atoms with van der Waals surface area (Å²) < 4.78 is 6.54. The number of benzene rings is 2. The molecule has 0 fully saturated rings. The summed E-state index contributed by atoms with van der Waals surface area (Å²) in [4.78, 5) is 4.59. The lowest BCUT2D eigenvalue weighted by Gasteiger charge is -2.03. The van der Waals surface area contributed by atoms with Crippen molar-refractivity contribution in [2.24, 2.45) is 0 Å². The Balaban J connectivity index is 2.01. The van der Waals surface area contributed by atoms with Gasteiger partial charge in [0.1, 0.15) is 11.3 Å². The van der Waals surface area contributed by atoms with Crippen LogP contribution in [0.3, 0.4) is 0 Å². The molecular formula is C15H13ClN2OS. The van der Waals surface area contributed by atoms with E-state index in [1.54, 1.807) is 0 Å². The van der Waals surface area contributed by atoms with Crippen LogP contribution in [0.15, 0.2) is 42.5 Å². The molecule has 20 heavy (non-hydrogen) atoms. The topological polar surface area (TPSA) is 34.1 Å². The summed E-state index contributed by atoms with van der Waals surface area (Å²) in [5.41, 5.74) is 1.81. The highest BCUT2D eigenvalue weighted by atomic mass is 35.5. The smallest absolute Gasteiger partial charge is 0.188 e. The first kappa shape index (κ1) is 13.2. The molecule has 3 aromatic rings. The number of thiazole rings is 1. The van der Waals surface area contributed by atoms with E-state index in [2.05, 4.69) is 10.3 Å². The van der Waals surface area contributed by atoms with Gasteiger partial charge in [-0.05, 0) is 31.2 Å². The van der Waals surface area contributed by atoms with Gasteiger partial charge in [0.2, 0.25) is 0 Å². The van der Waals surface area contributed by atoms with Crippen molar-refractivity contribution in [2.75, 3.05) is 11.9 Å². The van der Waals surface area contributed by atoms with Crippen molar-refractivity contribution in [3.05, 3.63) is 47.5 Å². The van der Waals surface area contributed by atoms with Gasteiger partial charge in [-0.3, -0.25) is 0 Å². The van der Waals surface area contributed by atoms with E-state index in [1.807, 2.05) is 49.4 Å². The standard InChI is InChI=1S/C15H13ClN2OS/c1-2-19-12-9-8-11(16)14-13(12)18-15(20-14)17-10-6-4-3-5-7-10/h3-9H,2H2,1H3,(H,17,18). The fraction of sp³-hybridized carbons (Fsp3) is 0.133. The first-order chi connectivity index (χ1) is 9.78. The number of aromatic nitrogens is 1. The van der Waals surface area contributed by atoms with Crippen LogP contribution >= 0.6 is 22.9 Å². The van der Waals surface area contributed by atoms with E-state index in [0.29, 0.717) is 11.6 Å². The summed E-state index contributed by atoms with van der Waals surface area (Å²) in [7, 11) is 0. The van der Waals surface area contributed by atoms with Gasteiger partial charge in [0.05, 0.1) is 16.3 Å². The van der Waals surface area contributed by atoms with Crippen molar-refractivity contribution in [1.29, 1.82) is 0 Å². The van der Waals surface area contributed by atoms with Gasteiger partial charge in [0.15, 0.2) is 5.13 Å². The minimum absolute atomic E-state index is 0.607. The molecule has 3 nitrogen and oxygen atoms in total. The normalized spacial score (nSPS) is 10.7. The van der Waals surface area contributed by atoms with E-state index in [4.69, 9.17) is 16.3 Å². The van der Waals surface area contributed by atoms with Gasteiger partial charge < -0.3 is 10.1 Å². The first-order valence-electron chi connectivity index (χ1n) is 6.32. The highest BCUT2D eigenvalue weighted by Gasteiger charge is 2.12. The van der Waals surface area contributed by atoms with Crippen molar-refractivity contribution in [3.8, 4) is 5.75 Å². The molecule has 3 rings (SSSR count). The quantitative estimate of drug-likeness (QED) is 0.729. The molecule has 0 saturated carbocycles. The highest BCUT2D eigenvalue weighted by Crippen LogP contribution is 2.38. The molecule has 0 saturated heterocycles. The predicted molar refractivity (Wildman–Crippen MR) is 85.5 cm³/mol. The highest BCUT2D eigenvalue weighted by molar-refractivity contribution is 7.22. The van der Waals surface area contributed by atoms with Crippen LogP contribution in [0, 0.1) is 0 Å². The number of ether oxygens (including phenoxy) is 1. The van der Waals surface area contributed by atoms with Gasteiger partial charge in [0, 0.05) is 5.69 Å². The molecule has 0 spiro atoms. The largest absolute Gasteiger partial charge is 0.492 e. The molecule has 0 radical (unpaired) electrons. The summed E-state index contributed by atoms with van der Waals surface area (Å²) in [6, 6.07) is 13.6. The predicted octanol–water partition coefficient (Wildman–Crippen LogP) is 5.09. The maximum Gasteiger partial charge on any atom is 0.188 e. The van der Waals surface area contributed by atoms with Crippen molar-refractivity contribution in [3.63, 3.8) is 0 Å². The second kappa shape index (κ2) is 5.69. The van der Waals surface area contributed by atoms with Crippen molar-refractivity contribution < 1.29 is 4.74 Å². The summed E-state index contributed by atoms with van der Waals surface area (Å²) in [6.45, 7) is 2.56. The third-order valence-corrected chi connectivity index (χ3v) is 4.21. The molecule has 0 atom stereocenters. The van der Waals surface area contributed by atoms with E-state index in [1.165, 1.54) is 11.3 Å². The van der Waals surface area contributed by atoms with Gasteiger partial charge in [-0.25, -0.2) is 4.98 Å². The minimum Gasteiger partial charge on any atom is -0.492 e. The summed E-state index contributed by atoms with van der Waals surface area (Å²) in [5.74, 6) is 0.768. The molecule has 1 aromatic heterocycles. The SMILES string of the molecule is CCOc1ccc(Cl)c2sc(Nc3ccccc3)nc12. The minimum atomic E-state index is 0.607. The lowest BCUT2D eigenvalue weighted by Crippen LogP contribution is -1.92. The number of hydrogen-bond donors (Lipinski definition) is 1. The van der Waals surface area contributed by atoms with Crippen LogP contribution in [0.1, 0.15) is 6.92 Å². The van der Waals surface area contributed by atoms with Crippen LogP contribution in [0.2, 0.25) is 5.02 Å². The Labute approximate surface area is 126 Å². The number of halogens is 1. The second-order valence-corrected chi connectivity index (χ2v) is 5.57. The van der Waals surface area contributed by atoms with E-state index >= 15 is 0 Å². The van der Waals surface area contributed by atoms with Crippen LogP contribution < -0.4 is 10.1 Å². The molecule has 0 aliphatic heterocycles. The average Bonchev–Trinajstić information content (AvgIpc) is 2.88. The second-order valence-electron chi connectivity index (χ2n) is 4.17. The maximum absolute atomic E-state index is 6.23. The van der Waals surface area contributed by atoms with Crippen LogP contribution in [-0.2, 0) is 0 Å². The van der Waals surface area contributed by atoms with Gasteiger partial charge in [-0.15, -0.1) is 0 Å². The van der Waals surface area contributed by atoms with Gasteiger partial charge in [-0.1, -0.05) is 41.1 Å². The molecule has 0 aliphatic rings. The Hall–Kier alpha value is -1.78. The van der Waals surface area contributed by atoms with E-state index < -0.39 is 0 Å². The fourth-order valence-electron chi connectivity index (χ4n) is 1.92. The van der Waals surface area contributed by atoms with E-state index in [0.717, 1.165) is 26.8 Å². The Bertz CT molecular complexity index is 727. The fourth-order valence-corrected chi connectivity index (χ4v) is 3.10. The number of nitrogens with one attached hydrogen (secondary N) is 1. The van der Waals surface area contributed by atoms with Crippen LogP contribution in [0.25, 0.3) is 10.2 Å². The van der Waals surface area contributed by atoms with Crippen LogP contribution in [0.4, 0.5) is 10.8 Å². The number of rotatable bonds is 4. The van der Waals surface area contributed by atoms with Crippen molar-refractivity contribution in [1.82, 2.24) is 4.98 Å². The molecule has 0 unspecified atom stereocenters. The van der Waals surface area contributed by atoms with Gasteiger partial charge >= 0.3 is 0 Å². The third-order valence-electron chi connectivity index (χ3n) is 2.78. The van der Waals surface area contributed by atoms with Gasteiger partial charge in [0.25, 0.3) is 0 Å². The third kappa shape index (κ3) is 2.57. The summed E-state index contributed by atoms with van der Waals surface area (Å²) >= 11 is 7.76. The molecule has 0 amide bonds. The molecule has 102 valence electrons. The molecule has 0 bridgehead atoms. The zero-order valence-electron chi connectivity index (χ0n) is 10.9. The molecule has 5 heteroatoms. The Morgan fingerprint density at radius 3 is 2.75 bits per heavy atom. The zero-order valence-corrected chi connectivity index (χ0v) is 12.5. The molecule has 1 heterocycles. The number of fused-ring (bicyclic) bond motifs is 1. The molecule has 0 aliphatic carbocycles. The van der Waals surface area contributed by atoms with Crippen molar-refractivity contribution in [2.45, 2.75) is 6.92 Å². The lowest BCUT2D eigenvalue weighted by atomic mass is 10.3. The van der Waals surface area contributed by atoms with Gasteiger partial charge in [-0.2, -0.15) is 0 Å². The zero-order chi connectivity index (χ0) is 13.9. The molecule has 1 N–H and O–H groups in total. The Morgan fingerprint density at radius 2 is 2.00 bits per heavy atom. The maximum atomic E-state index is 6.23. The van der Waals surface area contributed by atoms with E-state index in [-0.39, 0.29) is 0 Å². The number of nitrogens with zero attached hydrogens (tertiary/aromatic N) is 1. The number of para-hydroxylation sites is 1. The van der Waals surface area contributed by atoms with Crippen LogP contribution in [-0.4, -0.2) is 11.6 Å². The molecular weight excluding hydrogens is 292 g/mol. The lowest BCUT2D eigenvalue weighted by molar-refractivity contribution is 0.344. The van der Waals surface area contributed by atoms with Crippen molar-refractivity contribution >= 4 is 44.0 Å². The number of hydrogen-bond acceptors (Lipinski definition) is 4. The number of anilines is 2. The summed E-state index contributed by atoms with van der Waals surface area (Å²) in [6.07, 6.45) is 0.